The first-order valence-corrected chi connectivity index (χ1v) is 5.43. The molecule has 1 heterocycles. The van der Waals surface area contributed by atoms with Gasteiger partial charge < -0.3 is 11.1 Å². The van der Waals surface area contributed by atoms with Crippen LogP contribution in [0.25, 0.3) is 0 Å². The fourth-order valence-corrected chi connectivity index (χ4v) is 1.51. The highest BCUT2D eigenvalue weighted by atomic mass is 32.1. The van der Waals surface area contributed by atoms with Crippen LogP contribution in [0, 0.1) is 0 Å². The van der Waals surface area contributed by atoms with Crippen molar-refractivity contribution in [2.45, 2.75) is 26.2 Å². The largest absolute Gasteiger partial charge is 0.374 e. The molecule has 0 bridgehead atoms. The maximum atomic E-state index is 11.4. The van der Waals surface area contributed by atoms with Crippen LogP contribution in [0.2, 0.25) is 0 Å². The lowest BCUT2D eigenvalue weighted by Crippen LogP contribution is -2.24. The van der Waals surface area contributed by atoms with Gasteiger partial charge in [-0.1, -0.05) is 31.1 Å². The SMILES string of the molecule is CCCCCNC(=O)c1nnc(N)s1. The van der Waals surface area contributed by atoms with Gasteiger partial charge in [-0.05, 0) is 6.42 Å². The molecule has 0 fully saturated rings. The second-order valence-corrected chi connectivity index (χ2v) is 3.92. The number of hydrogen-bond donors (Lipinski definition) is 2. The summed E-state index contributed by atoms with van der Waals surface area (Å²) in [7, 11) is 0. The Labute approximate surface area is 86.7 Å². The third-order valence-corrected chi connectivity index (χ3v) is 2.45. The van der Waals surface area contributed by atoms with E-state index < -0.39 is 0 Å². The van der Waals surface area contributed by atoms with Gasteiger partial charge in [0.2, 0.25) is 10.1 Å². The number of nitrogens with one attached hydrogen (secondary N) is 1. The van der Waals surface area contributed by atoms with Crippen LogP contribution in [0.4, 0.5) is 5.13 Å². The molecule has 1 amide bonds. The standard InChI is InChI=1S/C8H14N4OS/c1-2-3-4-5-10-6(13)7-11-12-8(9)14-7/h2-5H2,1H3,(H2,9,12)(H,10,13). The highest BCUT2D eigenvalue weighted by Crippen LogP contribution is 2.10. The number of unbranched alkanes of at least 4 members (excludes halogenated alkanes) is 2. The molecule has 0 unspecified atom stereocenters. The van der Waals surface area contributed by atoms with Crippen LogP contribution < -0.4 is 11.1 Å². The van der Waals surface area contributed by atoms with E-state index in [9.17, 15) is 4.79 Å². The molecule has 0 aliphatic carbocycles. The Morgan fingerprint density at radius 3 is 2.86 bits per heavy atom. The monoisotopic (exact) mass is 214 g/mol. The number of nitrogens with two attached hydrogens (primary N) is 1. The Balaban J connectivity index is 2.29. The maximum Gasteiger partial charge on any atom is 0.282 e. The number of hydrogen-bond acceptors (Lipinski definition) is 5. The van der Waals surface area contributed by atoms with E-state index in [0.717, 1.165) is 30.6 Å². The van der Waals surface area contributed by atoms with Crippen LogP contribution in [0.5, 0.6) is 0 Å². The molecule has 1 aromatic rings. The molecule has 1 rings (SSSR count). The number of carbonyl (C=O) groups is 1. The van der Waals surface area contributed by atoms with Gasteiger partial charge >= 0.3 is 0 Å². The van der Waals surface area contributed by atoms with Gasteiger partial charge in [-0.15, -0.1) is 10.2 Å². The topological polar surface area (TPSA) is 80.9 Å². The summed E-state index contributed by atoms with van der Waals surface area (Å²) in [6.07, 6.45) is 3.26. The quantitative estimate of drug-likeness (QED) is 0.718. The summed E-state index contributed by atoms with van der Waals surface area (Å²) < 4.78 is 0. The molecule has 0 aromatic carbocycles. The Bertz CT molecular complexity index is 299. The molecule has 0 saturated heterocycles. The second-order valence-electron chi connectivity index (χ2n) is 2.91. The number of nitrogen functional groups attached to an aromatic ring is 1. The number of anilines is 1. The third-order valence-electron chi connectivity index (χ3n) is 1.70. The molecular formula is C8H14N4OS. The molecule has 6 heteroatoms. The first-order chi connectivity index (χ1) is 6.74. The molecule has 0 radical (unpaired) electrons. The summed E-state index contributed by atoms with van der Waals surface area (Å²) in [4.78, 5) is 11.4. The molecule has 0 aliphatic rings. The van der Waals surface area contributed by atoms with E-state index in [1.54, 1.807) is 0 Å². The van der Waals surface area contributed by atoms with Crippen LogP contribution >= 0.6 is 11.3 Å². The van der Waals surface area contributed by atoms with Crippen molar-refractivity contribution < 1.29 is 4.79 Å². The van der Waals surface area contributed by atoms with E-state index >= 15 is 0 Å². The van der Waals surface area contributed by atoms with Crippen molar-refractivity contribution in [1.29, 1.82) is 0 Å². The summed E-state index contributed by atoms with van der Waals surface area (Å²) in [6, 6.07) is 0. The molecule has 0 saturated carbocycles. The van der Waals surface area contributed by atoms with Gasteiger partial charge in [0, 0.05) is 6.54 Å². The number of aromatic nitrogens is 2. The van der Waals surface area contributed by atoms with Gasteiger partial charge in [-0.2, -0.15) is 0 Å². The highest BCUT2D eigenvalue weighted by Gasteiger charge is 2.09. The van der Waals surface area contributed by atoms with Crippen molar-refractivity contribution in [2.24, 2.45) is 0 Å². The zero-order valence-corrected chi connectivity index (χ0v) is 8.93. The lowest BCUT2D eigenvalue weighted by molar-refractivity contribution is 0.0952. The van der Waals surface area contributed by atoms with Crippen molar-refractivity contribution in [3.8, 4) is 0 Å². The van der Waals surface area contributed by atoms with Crippen molar-refractivity contribution in [1.82, 2.24) is 15.5 Å². The van der Waals surface area contributed by atoms with E-state index in [-0.39, 0.29) is 5.91 Å². The summed E-state index contributed by atoms with van der Waals surface area (Å²) in [5.74, 6) is -0.185. The maximum absolute atomic E-state index is 11.4. The van der Waals surface area contributed by atoms with Gasteiger partial charge in [0.25, 0.3) is 5.91 Å². The van der Waals surface area contributed by atoms with Crippen molar-refractivity contribution >= 4 is 22.4 Å². The molecule has 78 valence electrons. The van der Waals surface area contributed by atoms with E-state index in [1.165, 1.54) is 0 Å². The minimum Gasteiger partial charge on any atom is -0.374 e. The lowest BCUT2D eigenvalue weighted by Gasteiger charge is -2.00. The Morgan fingerprint density at radius 1 is 1.50 bits per heavy atom. The summed E-state index contributed by atoms with van der Waals surface area (Å²) in [6.45, 7) is 2.80. The van der Waals surface area contributed by atoms with Gasteiger partial charge in [0.05, 0.1) is 0 Å². The minimum atomic E-state index is -0.185. The van der Waals surface area contributed by atoms with E-state index in [4.69, 9.17) is 5.73 Å². The molecule has 0 spiro atoms. The fraction of sp³-hybridized carbons (Fsp3) is 0.625. The van der Waals surface area contributed by atoms with Crippen LogP contribution in [0.3, 0.4) is 0 Å². The average molecular weight is 214 g/mol. The van der Waals surface area contributed by atoms with Crippen LogP contribution in [0.15, 0.2) is 0 Å². The lowest BCUT2D eigenvalue weighted by atomic mass is 10.2. The highest BCUT2D eigenvalue weighted by molar-refractivity contribution is 7.16. The minimum absolute atomic E-state index is 0.185. The Hall–Kier alpha value is -1.17. The zero-order valence-electron chi connectivity index (χ0n) is 8.12. The van der Waals surface area contributed by atoms with Crippen molar-refractivity contribution in [3.05, 3.63) is 5.01 Å². The van der Waals surface area contributed by atoms with E-state index in [0.29, 0.717) is 16.7 Å². The van der Waals surface area contributed by atoms with Crippen LogP contribution in [-0.4, -0.2) is 22.6 Å². The predicted octanol–water partition coefficient (Wildman–Crippen LogP) is 1.04. The van der Waals surface area contributed by atoms with E-state index in [1.807, 2.05) is 0 Å². The number of rotatable bonds is 5. The first-order valence-electron chi connectivity index (χ1n) is 4.61. The van der Waals surface area contributed by atoms with Gasteiger partial charge in [0.1, 0.15) is 0 Å². The van der Waals surface area contributed by atoms with Crippen molar-refractivity contribution in [3.63, 3.8) is 0 Å². The molecular weight excluding hydrogens is 200 g/mol. The number of nitrogens with zero attached hydrogens (tertiary/aromatic N) is 2. The molecule has 5 nitrogen and oxygen atoms in total. The Morgan fingerprint density at radius 2 is 2.29 bits per heavy atom. The van der Waals surface area contributed by atoms with E-state index in [2.05, 4.69) is 22.4 Å². The molecule has 3 N–H and O–H groups in total. The third kappa shape index (κ3) is 3.29. The number of amides is 1. The van der Waals surface area contributed by atoms with Crippen LogP contribution in [0.1, 0.15) is 36.0 Å². The molecule has 0 aliphatic heterocycles. The zero-order chi connectivity index (χ0) is 10.4. The predicted molar refractivity (Wildman–Crippen MR) is 56.2 cm³/mol. The normalized spacial score (nSPS) is 10.1. The van der Waals surface area contributed by atoms with Gasteiger partial charge in [-0.3, -0.25) is 4.79 Å². The van der Waals surface area contributed by atoms with Crippen molar-refractivity contribution in [2.75, 3.05) is 12.3 Å². The summed E-state index contributed by atoms with van der Waals surface area (Å²) >= 11 is 1.10. The first kappa shape index (κ1) is 10.9. The summed E-state index contributed by atoms with van der Waals surface area (Å²) in [5.41, 5.74) is 5.36. The average Bonchev–Trinajstić information content (AvgIpc) is 2.59. The van der Waals surface area contributed by atoms with Crippen LogP contribution in [-0.2, 0) is 0 Å². The molecule has 1 aromatic heterocycles. The van der Waals surface area contributed by atoms with Gasteiger partial charge in [0.15, 0.2) is 0 Å². The summed E-state index contributed by atoms with van der Waals surface area (Å²) in [5, 5.41) is 10.6. The molecule has 0 atom stereocenters. The Kier molecular flexibility index (Phi) is 4.31. The molecule has 14 heavy (non-hydrogen) atoms. The second kappa shape index (κ2) is 5.54. The fourth-order valence-electron chi connectivity index (χ4n) is 0.979. The van der Waals surface area contributed by atoms with Gasteiger partial charge in [-0.25, -0.2) is 0 Å². The number of carbonyl (C=O) groups excluding carboxylic acids is 1. The smallest absolute Gasteiger partial charge is 0.282 e.